The number of ether oxygens (including phenoxy) is 2. The van der Waals surface area contributed by atoms with E-state index in [0.717, 1.165) is 30.0 Å². The van der Waals surface area contributed by atoms with Gasteiger partial charge in [-0.25, -0.2) is 0 Å². The third kappa shape index (κ3) is 3.48. The van der Waals surface area contributed by atoms with Gasteiger partial charge in [-0.2, -0.15) is 0 Å². The average molecular weight is 295 g/mol. The number of aliphatic hydroxyl groups is 2. The van der Waals surface area contributed by atoms with Crippen molar-refractivity contribution in [2.45, 2.75) is 26.3 Å². The topological polar surface area (TPSA) is 71.0 Å². The minimum atomic E-state index is -0.212. The summed E-state index contributed by atoms with van der Waals surface area (Å²) in [7, 11) is 0. The Labute approximate surface area is 125 Å². The summed E-state index contributed by atoms with van der Waals surface area (Å²) in [6.07, 6.45) is 0.905. The molecule has 1 aliphatic heterocycles. The zero-order valence-electron chi connectivity index (χ0n) is 12.8. The van der Waals surface area contributed by atoms with Gasteiger partial charge in [-0.3, -0.25) is 0 Å². The highest BCUT2D eigenvalue weighted by Crippen LogP contribution is 2.37. The Morgan fingerprint density at radius 3 is 2.33 bits per heavy atom. The van der Waals surface area contributed by atoms with E-state index in [0.29, 0.717) is 13.2 Å². The number of hydrogen-bond donors (Lipinski definition) is 3. The van der Waals surface area contributed by atoms with Crippen LogP contribution in [-0.4, -0.2) is 43.2 Å². The second-order valence-electron chi connectivity index (χ2n) is 5.17. The second kappa shape index (κ2) is 7.64. The first kappa shape index (κ1) is 16.1. The van der Waals surface area contributed by atoms with Crippen molar-refractivity contribution in [3.05, 3.63) is 23.3 Å². The molecule has 0 radical (unpaired) electrons. The zero-order valence-corrected chi connectivity index (χ0v) is 12.8. The van der Waals surface area contributed by atoms with E-state index in [9.17, 15) is 10.2 Å². The Morgan fingerprint density at radius 1 is 1.14 bits per heavy atom. The molecule has 2 rings (SSSR count). The van der Waals surface area contributed by atoms with Gasteiger partial charge >= 0.3 is 0 Å². The quantitative estimate of drug-likeness (QED) is 0.707. The highest BCUT2D eigenvalue weighted by Gasteiger charge is 2.28. The SMILES string of the molecule is CCOc1cc2c(cc1OCC)[C@@H](C(CO)CO)NCC2. The van der Waals surface area contributed by atoms with Gasteiger partial charge in [0.05, 0.1) is 13.2 Å². The third-order valence-corrected chi connectivity index (χ3v) is 3.84. The van der Waals surface area contributed by atoms with Gasteiger partial charge < -0.3 is 25.0 Å². The first-order chi connectivity index (χ1) is 10.2. The molecule has 0 saturated carbocycles. The van der Waals surface area contributed by atoms with Crippen molar-refractivity contribution >= 4 is 0 Å². The number of rotatable bonds is 7. The van der Waals surface area contributed by atoms with Crippen LogP contribution < -0.4 is 14.8 Å². The van der Waals surface area contributed by atoms with E-state index in [1.807, 2.05) is 26.0 Å². The van der Waals surface area contributed by atoms with Crippen molar-refractivity contribution in [3.63, 3.8) is 0 Å². The lowest BCUT2D eigenvalue weighted by atomic mass is 9.86. The number of aliphatic hydroxyl groups excluding tert-OH is 2. The van der Waals surface area contributed by atoms with Crippen molar-refractivity contribution in [1.29, 1.82) is 0 Å². The normalized spacial score (nSPS) is 17.7. The van der Waals surface area contributed by atoms with Crippen LogP contribution >= 0.6 is 0 Å². The van der Waals surface area contributed by atoms with E-state index in [-0.39, 0.29) is 25.2 Å². The third-order valence-electron chi connectivity index (χ3n) is 3.84. The molecular formula is C16H25NO4. The maximum Gasteiger partial charge on any atom is 0.161 e. The first-order valence-electron chi connectivity index (χ1n) is 7.62. The maximum atomic E-state index is 9.46. The summed E-state index contributed by atoms with van der Waals surface area (Å²) in [4.78, 5) is 0. The highest BCUT2D eigenvalue weighted by atomic mass is 16.5. The lowest BCUT2D eigenvalue weighted by Crippen LogP contribution is -2.37. The molecule has 0 saturated heterocycles. The Hall–Kier alpha value is -1.30. The van der Waals surface area contributed by atoms with Crippen LogP contribution in [0.5, 0.6) is 11.5 Å². The predicted octanol–water partition coefficient (Wildman–Crippen LogP) is 1.27. The molecule has 1 aliphatic rings. The summed E-state index contributed by atoms with van der Waals surface area (Å²) in [5.41, 5.74) is 2.28. The van der Waals surface area contributed by atoms with Crippen molar-refractivity contribution in [3.8, 4) is 11.5 Å². The molecule has 118 valence electrons. The van der Waals surface area contributed by atoms with Gasteiger partial charge in [0.15, 0.2) is 11.5 Å². The molecule has 1 atom stereocenters. The van der Waals surface area contributed by atoms with E-state index >= 15 is 0 Å². The van der Waals surface area contributed by atoms with Crippen LogP contribution in [0, 0.1) is 5.92 Å². The fourth-order valence-electron chi connectivity index (χ4n) is 2.82. The van der Waals surface area contributed by atoms with Crippen molar-refractivity contribution in [2.24, 2.45) is 5.92 Å². The van der Waals surface area contributed by atoms with E-state index in [2.05, 4.69) is 5.32 Å². The molecule has 5 nitrogen and oxygen atoms in total. The van der Waals surface area contributed by atoms with Crippen LogP contribution in [0.1, 0.15) is 31.0 Å². The molecule has 5 heteroatoms. The van der Waals surface area contributed by atoms with Gasteiger partial charge in [-0.05, 0) is 50.1 Å². The van der Waals surface area contributed by atoms with Crippen LogP contribution in [0.2, 0.25) is 0 Å². The Bertz CT molecular complexity index is 460. The van der Waals surface area contributed by atoms with E-state index < -0.39 is 0 Å². The minimum Gasteiger partial charge on any atom is -0.490 e. The maximum absolute atomic E-state index is 9.46. The van der Waals surface area contributed by atoms with Gasteiger partial charge in [-0.1, -0.05) is 0 Å². The second-order valence-corrected chi connectivity index (χ2v) is 5.17. The van der Waals surface area contributed by atoms with Crippen LogP contribution in [0.25, 0.3) is 0 Å². The van der Waals surface area contributed by atoms with Gasteiger partial charge in [0.1, 0.15) is 0 Å². The van der Waals surface area contributed by atoms with Crippen LogP contribution in [-0.2, 0) is 6.42 Å². The standard InChI is InChI=1S/C16H25NO4/c1-3-20-14-7-11-5-6-17-16(12(9-18)10-19)13(11)8-15(14)21-4-2/h7-8,12,16-19H,3-6,9-10H2,1-2H3/t16-/m1/s1. The number of hydrogen-bond acceptors (Lipinski definition) is 5. The molecule has 0 aromatic heterocycles. The summed E-state index contributed by atoms with van der Waals surface area (Å²) in [6.45, 7) is 5.78. The van der Waals surface area contributed by atoms with E-state index in [4.69, 9.17) is 9.47 Å². The van der Waals surface area contributed by atoms with Crippen LogP contribution in [0.4, 0.5) is 0 Å². The summed E-state index contributed by atoms with van der Waals surface area (Å²) in [5, 5.41) is 22.3. The van der Waals surface area contributed by atoms with Gasteiger partial charge in [-0.15, -0.1) is 0 Å². The Kier molecular flexibility index (Phi) is 5.85. The molecule has 1 heterocycles. The summed E-state index contributed by atoms with van der Waals surface area (Å²) >= 11 is 0. The first-order valence-corrected chi connectivity index (χ1v) is 7.62. The average Bonchev–Trinajstić information content (AvgIpc) is 2.50. The number of benzene rings is 1. The molecule has 21 heavy (non-hydrogen) atoms. The summed E-state index contributed by atoms with van der Waals surface area (Å²) in [5.74, 6) is 1.28. The Morgan fingerprint density at radius 2 is 1.76 bits per heavy atom. The van der Waals surface area contributed by atoms with Gasteiger partial charge in [0.25, 0.3) is 0 Å². The van der Waals surface area contributed by atoms with Crippen molar-refractivity contribution < 1.29 is 19.7 Å². The van der Waals surface area contributed by atoms with Gasteiger partial charge in [0, 0.05) is 25.2 Å². The molecule has 1 aromatic carbocycles. The minimum absolute atomic E-state index is 0.0508. The van der Waals surface area contributed by atoms with Crippen LogP contribution in [0.3, 0.4) is 0 Å². The molecular weight excluding hydrogens is 270 g/mol. The molecule has 0 aliphatic carbocycles. The van der Waals surface area contributed by atoms with E-state index in [1.165, 1.54) is 5.56 Å². The Balaban J connectivity index is 2.40. The molecule has 0 unspecified atom stereocenters. The van der Waals surface area contributed by atoms with Gasteiger partial charge in [0.2, 0.25) is 0 Å². The van der Waals surface area contributed by atoms with Crippen molar-refractivity contribution in [1.82, 2.24) is 5.32 Å². The summed E-state index contributed by atoms with van der Waals surface area (Å²) < 4.78 is 11.3. The lowest BCUT2D eigenvalue weighted by Gasteiger charge is -2.32. The number of nitrogens with one attached hydrogen (secondary N) is 1. The molecule has 1 aromatic rings. The van der Waals surface area contributed by atoms with Crippen LogP contribution in [0.15, 0.2) is 12.1 Å². The monoisotopic (exact) mass is 295 g/mol. The lowest BCUT2D eigenvalue weighted by molar-refractivity contribution is 0.117. The molecule has 3 N–H and O–H groups in total. The zero-order chi connectivity index (χ0) is 15.2. The number of fused-ring (bicyclic) bond motifs is 1. The molecule has 0 amide bonds. The fraction of sp³-hybridized carbons (Fsp3) is 0.625. The van der Waals surface area contributed by atoms with E-state index in [1.54, 1.807) is 0 Å². The fourth-order valence-corrected chi connectivity index (χ4v) is 2.82. The molecule has 0 spiro atoms. The molecule has 0 bridgehead atoms. The molecule has 0 fully saturated rings. The summed E-state index contributed by atoms with van der Waals surface area (Å²) in [6, 6.07) is 3.96. The smallest absolute Gasteiger partial charge is 0.161 e. The van der Waals surface area contributed by atoms with Crippen molar-refractivity contribution in [2.75, 3.05) is 33.0 Å². The predicted molar refractivity (Wildman–Crippen MR) is 80.9 cm³/mol. The largest absolute Gasteiger partial charge is 0.490 e. The highest BCUT2D eigenvalue weighted by molar-refractivity contribution is 5.49.